The molecule has 1 rings (SSSR count). The Balaban J connectivity index is 2.88. The van der Waals surface area contributed by atoms with Crippen LogP contribution in [0.2, 0.25) is 0 Å². The average molecular weight is 296 g/mol. The molecule has 1 fully saturated rings. The standard InChI is InChI=1S/C7H8Br2N2O/c8-4-1-7(3-10,6(11)12)2-5(4)9/h4-5H,1-2H2,(H2,11,12). The second kappa shape index (κ2) is 3.35. The molecule has 0 aromatic heterocycles. The summed E-state index contributed by atoms with van der Waals surface area (Å²) in [5, 5.41) is 8.83. The summed E-state index contributed by atoms with van der Waals surface area (Å²) in [5.41, 5.74) is 4.19. The molecule has 12 heavy (non-hydrogen) atoms. The van der Waals surface area contributed by atoms with E-state index in [-0.39, 0.29) is 9.65 Å². The van der Waals surface area contributed by atoms with Crippen molar-refractivity contribution in [1.82, 2.24) is 0 Å². The van der Waals surface area contributed by atoms with E-state index in [0.717, 1.165) is 0 Å². The van der Waals surface area contributed by atoms with Gasteiger partial charge < -0.3 is 5.73 Å². The monoisotopic (exact) mass is 294 g/mol. The van der Waals surface area contributed by atoms with Crippen LogP contribution >= 0.6 is 31.9 Å². The Bertz CT molecular complexity index is 238. The molecule has 5 heteroatoms. The molecule has 3 nitrogen and oxygen atoms in total. The summed E-state index contributed by atoms with van der Waals surface area (Å²) in [6.45, 7) is 0. The highest BCUT2D eigenvalue weighted by Gasteiger charge is 2.48. The van der Waals surface area contributed by atoms with E-state index in [1.165, 1.54) is 0 Å². The number of carbonyl (C=O) groups is 1. The molecule has 1 amide bonds. The predicted molar refractivity (Wildman–Crippen MR) is 51.9 cm³/mol. The van der Waals surface area contributed by atoms with Crippen LogP contribution in [-0.4, -0.2) is 15.6 Å². The van der Waals surface area contributed by atoms with Gasteiger partial charge >= 0.3 is 0 Å². The van der Waals surface area contributed by atoms with Crippen molar-refractivity contribution in [2.75, 3.05) is 0 Å². The molecule has 1 aliphatic rings. The van der Waals surface area contributed by atoms with Crippen LogP contribution in [0.5, 0.6) is 0 Å². The maximum atomic E-state index is 11.0. The van der Waals surface area contributed by atoms with Gasteiger partial charge in [0.05, 0.1) is 6.07 Å². The smallest absolute Gasteiger partial charge is 0.237 e. The molecule has 2 atom stereocenters. The van der Waals surface area contributed by atoms with Gasteiger partial charge in [-0.15, -0.1) is 0 Å². The molecular weight excluding hydrogens is 288 g/mol. The summed E-state index contributed by atoms with van der Waals surface area (Å²) in [6.07, 6.45) is 0.990. The summed E-state index contributed by atoms with van der Waals surface area (Å²) in [4.78, 5) is 11.3. The zero-order valence-electron chi connectivity index (χ0n) is 6.26. The second-order valence-corrected chi connectivity index (χ2v) is 5.35. The fourth-order valence-electron chi connectivity index (χ4n) is 1.35. The van der Waals surface area contributed by atoms with Crippen LogP contribution in [0.3, 0.4) is 0 Å². The van der Waals surface area contributed by atoms with Crippen LogP contribution in [0, 0.1) is 16.7 Å². The minimum absolute atomic E-state index is 0.157. The third-order valence-corrected chi connectivity index (χ3v) is 4.80. The number of alkyl halides is 2. The molecule has 0 aromatic carbocycles. The van der Waals surface area contributed by atoms with Gasteiger partial charge in [-0.3, -0.25) is 4.79 Å². The third kappa shape index (κ3) is 1.50. The van der Waals surface area contributed by atoms with Crippen LogP contribution in [0.4, 0.5) is 0 Å². The number of carbonyl (C=O) groups excluding carboxylic acids is 1. The highest BCUT2D eigenvalue weighted by atomic mass is 79.9. The average Bonchev–Trinajstić information content (AvgIpc) is 2.29. The molecule has 0 aliphatic heterocycles. The van der Waals surface area contributed by atoms with E-state index in [9.17, 15) is 4.79 Å². The van der Waals surface area contributed by atoms with Crippen LogP contribution in [0.25, 0.3) is 0 Å². The first kappa shape index (κ1) is 10.0. The Kier molecular flexibility index (Phi) is 2.79. The van der Waals surface area contributed by atoms with Gasteiger partial charge in [0.1, 0.15) is 5.41 Å². The normalized spacial score (nSPS) is 40.8. The third-order valence-electron chi connectivity index (χ3n) is 2.17. The maximum Gasteiger partial charge on any atom is 0.237 e. The first-order valence-electron chi connectivity index (χ1n) is 3.51. The summed E-state index contributed by atoms with van der Waals surface area (Å²) >= 11 is 6.77. The lowest BCUT2D eigenvalue weighted by atomic mass is 9.87. The molecule has 0 saturated heterocycles. The van der Waals surface area contributed by atoms with Gasteiger partial charge in [-0.05, 0) is 12.8 Å². The number of halogens is 2. The van der Waals surface area contributed by atoms with Crippen LogP contribution in [-0.2, 0) is 4.79 Å². The van der Waals surface area contributed by atoms with E-state index in [2.05, 4.69) is 31.9 Å². The van der Waals surface area contributed by atoms with Crippen LogP contribution < -0.4 is 5.73 Å². The molecule has 1 aliphatic carbocycles. The number of primary amides is 1. The molecule has 1 saturated carbocycles. The number of amides is 1. The molecule has 0 radical (unpaired) electrons. The SMILES string of the molecule is N#CC1(C(N)=O)CC(Br)C(Br)C1. The number of hydrogen-bond donors (Lipinski definition) is 1. The summed E-state index contributed by atoms with van der Waals surface area (Å²) in [5.74, 6) is -0.517. The fraction of sp³-hybridized carbons (Fsp3) is 0.714. The van der Waals surface area contributed by atoms with Crippen LogP contribution in [0.15, 0.2) is 0 Å². The topological polar surface area (TPSA) is 66.9 Å². The Hall–Kier alpha value is -0.0800. The van der Waals surface area contributed by atoms with Crippen molar-refractivity contribution in [2.24, 2.45) is 11.1 Å². The van der Waals surface area contributed by atoms with E-state index in [1.54, 1.807) is 0 Å². The van der Waals surface area contributed by atoms with Crippen molar-refractivity contribution in [2.45, 2.75) is 22.5 Å². The highest BCUT2D eigenvalue weighted by molar-refractivity contribution is 9.12. The van der Waals surface area contributed by atoms with E-state index < -0.39 is 11.3 Å². The first-order chi connectivity index (χ1) is 5.52. The summed E-state index contributed by atoms with van der Waals surface area (Å²) < 4.78 is 0. The number of nitriles is 1. The van der Waals surface area contributed by atoms with Crippen molar-refractivity contribution in [3.63, 3.8) is 0 Å². The van der Waals surface area contributed by atoms with Gasteiger partial charge in [0.25, 0.3) is 0 Å². The molecule has 2 unspecified atom stereocenters. The van der Waals surface area contributed by atoms with E-state index in [0.29, 0.717) is 12.8 Å². The number of nitrogens with two attached hydrogens (primary N) is 1. The Morgan fingerprint density at radius 3 is 2.08 bits per heavy atom. The minimum atomic E-state index is -0.970. The predicted octanol–water partition coefficient (Wildman–Crippen LogP) is 1.30. The minimum Gasteiger partial charge on any atom is -0.368 e. The molecular formula is C7H8Br2N2O. The first-order valence-corrected chi connectivity index (χ1v) is 5.34. The second-order valence-electron chi connectivity index (χ2n) is 3.00. The number of nitrogens with zero attached hydrogens (tertiary/aromatic N) is 1. The lowest BCUT2D eigenvalue weighted by Gasteiger charge is -2.14. The van der Waals surface area contributed by atoms with E-state index in [4.69, 9.17) is 11.0 Å². The van der Waals surface area contributed by atoms with Gasteiger partial charge in [-0.1, -0.05) is 31.9 Å². The van der Waals surface area contributed by atoms with Gasteiger partial charge in [0.15, 0.2) is 0 Å². The van der Waals surface area contributed by atoms with Crippen molar-refractivity contribution < 1.29 is 4.79 Å². The highest BCUT2D eigenvalue weighted by Crippen LogP contribution is 2.44. The maximum absolute atomic E-state index is 11.0. The van der Waals surface area contributed by atoms with Gasteiger partial charge in [0, 0.05) is 9.65 Å². The van der Waals surface area contributed by atoms with Crippen molar-refractivity contribution in [3.05, 3.63) is 0 Å². The van der Waals surface area contributed by atoms with Gasteiger partial charge in [-0.2, -0.15) is 5.26 Å². The largest absolute Gasteiger partial charge is 0.368 e. The van der Waals surface area contributed by atoms with Gasteiger partial charge in [0.2, 0.25) is 5.91 Å². The van der Waals surface area contributed by atoms with Crippen molar-refractivity contribution in [1.29, 1.82) is 5.26 Å². The Morgan fingerprint density at radius 2 is 1.92 bits per heavy atom. The van der Waals surface area contributed by atoms with E-state index in [1.807, 2.05) is 6.07 Å². The zero-order valence-corrected chi connectivity index (χ0v) is 9.43. The van der Waals surface area contributed by atoms with Crippen LogP contribution in [0.1, 0.15) is 12.8 Å². The fourth-order valence-corrected chi connectivity index (χ4v) is 2.83. The molecule has 0 heterocycles. The lowest BCUT2D eigenvalue weighted by Crippen LogP contribution is -2.33. The summed E-state index contributed by atoms with van der Waals surface area (Å²) in [6, 6.07) is 2.00. The number of rotatable bonds is 1. The summed E-state index contributed by atoms with van der Waals surface area (Å²) in [7, 11) is 0. The molecule has 66 valence electrons. The number of hydrogen-bond acceptors (Lipinski definition) is 2. The Morgan fingerprint density at radius 1 is 1.50 bits per heavy atom. The zero-order chi connectivity index (χ0) is 9.35. The molecule has 0 aromatic rings. The van der Waals surface area contributed by atoms with Crippen molar-refractivity contribution >= 4 is 37.8 Å². The van der Waals surface area contributed by atoms with Gasteiger partial charge in [-0.25, -0.2) is 0 Å². The Labute approximate surface area is 87.6 Å². The molecule has 2 N–H and O–H groups in total. The van der Waals surface area contributed by atoms with E-state index >= 15 is 0 Å². The molecule has 0 spiro atoms. The molecule has 0 bridgehead atoms. The van der Waals surface area contributed by atoms with Crippen molar-refractivity contribution in [3.8, 4) is 6.07 Å². The lowest BCUT2D eigenvalue weighted by molar-refractivity contribution is -0.124. The quantitative estimate of drug-likeness (QED) is 0.741.